The first-order valence-corrected chi connectivity index (χ1v) is 12.4. The highest BCUT2D eigenvalue weighted by atomic mass is 19.1. The topological polar surface area (TPSA) is 93.2 Å². The maximum absolute atomic E-state index is 13.3. The number of carbonyl (C=O) groups is 2. The van der Waals surface area contributed by atoms with Gasteiger partial charge in [-0.2, -0.15) is 4.39 Å². The summed E-state index contributed by atoms with van der Waals surface area (Å²) in [5.41, 5.74) is 1.95. The number of hydrogen-bond donors (Lipinski definition) is 2. The van der Waals surface area contributed by atoms with Crippen molar-refractivity contribution in [2.75, 3.05) is 13.1 Å². The molecule has 3 aromatic rings. The molecule has 1 fully saturated rings. The molecule has 1 saturated carbocycles. The van der Waals surface area contributed by atoms with Gasteiger partial charge in [-0.3, -0.25) is 4.79 Å². The zero-order valence-corrected chi connectivity index (χ0v) is 21.0. The summed E-state index contributed by atoms with van der Waals surface area (Å²) in [4.78, 5) is 33.5. The largest absolute Gasteiger partial charge is 0.444 e. The number of alkyl carbamates (subject to hydrolysis) is 1. The van der Waals surface area contributed by atoms with E-state index in [1.54, 1.807) is 12.1 Å². The fourth-order valence-corrected chi connectivity index (χ4v) is 4.55. The second-order valence-electron chi connectivity index (χ2n) is 10.4. The Balaban J connectivity index is 1.35. The van der Waals surface area contributed by atoms with E-state index in [4.69, 9.17) is 4.74 Å². The summed E-state index contributed by atoms with van der Waals surface area (Å²) in [5, 5.41) is 6.75. The van der Waals surface area contributed by atoms with Gasteiger partial charge < -0.3 is 15.4 Å². The fraction of sp³-hybridized carbons (Fsp3) is 0.429. The molecule has 8 heteroatoms. The highest BCUT2D eigenvalue weighted by Crippen LogP contribution is 2.29. The SMILES string of the molecule is CC(C)(C)OC(=O)NC[C@H]1CC[C@H](CNC(=O)c2cc(-c3ccc(F)nc3)nc3ccccc23)CC1. The Morgan fingerprint density at radius 3 is 2.31 bits per heavy atom. The second-order valence-corrected chi connectivity index (χ2v) is 10.4. The van der Waals surface area contributed by atoms with Crippen molar-refractivity contribution in [1.29, 1.82) is 0 Å². The van der Waals surface area contributed by atoms with E-state index in [1.807, 2.05) is 45.0 Å². The number of rotatable bonds is 6. The van der Waals surface area contributed by atoms with Crippen LogP contribution in [-0.2, 0) is 4.74 Å². The monoisotopic (exact) mass is 492 g/mol. The van der Waals surface area contributed by atoms with Gasteiger partial charge in [0.15, 0.2) is 0 Å². The van der Waals surface area contributed by atoms with Crippen molar-refractivity contribution in [2.24, 2.45) is 11.8 Å². The highest BCUT2D eigenvalue weighted by Gasteiger charge is 2.24. The Morgan fingerprint density at radius 2 is 1.67 bits per heavy atom. The van der Waals surface area contributed by atoms with Crippen LogP contribution in [0, 0.1) is 17.8 Å². The summed E-state index contributed by atoms with van der Waals surface area (Å²) in [6, 6.07) is 12.1. The molecule has 0 saturated heterocycles. The van der Waals surface area contributed by atoms with E-state index in [-0.39, 0.29) is 12.0 Å². The number of nitrogens with zero attached hydrogens (tertiary/aromatic N) is 2. The minimum atomic E-state index is -0.562. The van der Waals surface area contributed by atoms with Crippen molar-refractivity contribution in [2.45, 2.75) is 52.1 Å². The van der Waals surface area contributed by atoms with Crippen molar-refractivity contribution in [3.05, 3.63) is 60.2 Å². The summed E-state index contributed by atoms with van der Waals surface area (Å²) >= 11 is 0. The third-order valence-electron chi connectivity index (χ3n) is 6.44. The molecule has 4 rings (SSSR count). The molecule has 1 aliphatic carbocycles. The predicted octanol–water partition coefficient (Wildman–Crippen LogP) is 5.50. The number of halogens is 1. The van der Waals surface area contributed by atoms with Gasteiger partial charge in [-0.1, -0.05) is 18.2 Å². The van der Waals surface area contributed by atoms with E-state index in [0.29, 0.717) is 47.3 Å². The standard InChI is InChI=1S/C28H33FN4O3/c1-28(2,3)36-27(35)32-16-19-10-8-18(9-11-19)15-31-26(34)22-14-24(20-12-13-25(29)30-17-20)33-23-7-5-4-6-21(22)23/h4-7,12-14,17-19H,8-11,15-16H2,1-3H3,(H,31,34)(H,32,35)/t18-,19-. The third-order valence-corrected chi connectivity index (χ3v) is 6.44. The number of benzene rings is 1. The molecule has 36 heavy (non-hydrogen) atoms. The zero-order valence-electron chi connectivity index (χ0n) is 21.0. The molecular weight excluding hydrogens is 459 g/mol. The lowest BCUT2D eigenvalue weighted by Crippen LogP contribution is -2.37. The Hall–Kier alpha value is -3.55. The van der Waals surface area contributed by atoms with Gasteiger partial charge in [0.25, 0.3) is 5.91 Å². The Kier molecular flexibility index (Phi) is 7.82. The number of amides is 2. The van der Waals surface area contributed by atoms with Gasteiger partial charge in [0.05, 0.1) is 16.8 Å². The van der Waals surface area contributed by atoms with Gasteiger partial charge in [0, 0.05) is 30.2 Å². The number of para-hydroxylation sites is 1. The summed E-state index contributed by atoms with van der Waals surface area (Å²) in [5.74, 6) is 0.0903. The molecule has 7 nitrogen and oxygen atoms in total. The quantitative estimate of drug-likeness (QED) is 0.444. The van der Waals surface area contributed by atoms with Crippen LogP contribution in [0.1, 0.15) is 56.8 Å². The lowest BCUT2D eigenvalue weighted by atomic mass is 9.82. The molecule has 0 unspecified atom stereocenters. The van der Waals surface area contributed by atoms with E-state index in [1.165, 1.54) is 12.3 Å². The normalized spacial score (nSPS) is 18.0. The lowest BCUT2D eigenvalue weighted by molar-refractivity contribution is 0.0512. The van der Waals surface area contributed by atoms with Crippen LogP contribution < -0.4 is 10.6 Å². The van der Waals surface area contributed by atoms with Gasteiger partial charge in [-0.05, 0) is 82.6 Å². The molecule has 0 bridgehead atoms. The van der Waals surface area contributed by atoms with Crippen LogP contribution >= 0.6 is 0 Å². The van der Waals surface area contributed by atoms with Gasteiger partial charge in [-0.25, -0.2) is 14.8 Å². The number of fused-ring (bicyclic) bond motifs is 1. The van der Waals surface area contributed by atoms with Crippen LogP contribution in [0.3, 0.4) is 0 Å². The molecule has 2 aromatic heterocycles. The molecule has 0 aliphatic heterocycles. The van der Waals surface area contributed by atoms with Gasteiger partial charge in [0.2, 0.25) is 5.95 Å². The summed E-state index contributed by atoms with van der Waals surface area (Å²) in [7, 11) is 0. The first-order valence-electron chi connectivity index (χ1n) is 12.4. The fourth-order valence-electron chi connectivity index (χ4n) is 4.55. The smallest absolute Gasteiger partial charge is 0.407 e. The first kappa shape index (κ1) is 25.5. The second kappa shape index (κ2) is 11.0. The molecule has 0 radical (unpaired) electrons. The van der Waals surface area contributed by atoms with Crippen molar-refractivity contribution in [3.63, 3.8) is 0 Å². The van der Waals surface area contributed by atoms with E-state index in [9.17, 15) is 14.0 Å². The minimum Gasteiger partial charge on any atom is -0.444 e. The third kappa shape index (κ3) is 6.77. The summed E-state index contributed by atoms with van der Waals surface area (Å²) < 4.78 is 18.6. The molecule has 190 valence electrons. The van der Waals surface area contributed by atoms with Crippen LogP contribution in [0.5, 0.6) is 0 Å². The number of pyridine rings is 2. The van der Waals surface area contributed by atoms with Crippen molar-refractivity contribution < 1.29 is 18.7 Å². The number of ether oxygens (including phenoxy) is 1. The number of nitrogens with one attached hydrogen (secondary N) is 2. The van der Waals surface area contributed by atoms with Gasteiger partial charge >= 0.3 is 6.09 Å². The average molecular weight is 493 g/mol. The number of carbonyl (C=O) groups excluding carboxylic acids is 2. The number of hydrogen-bond acceptors (Lipinski definition) is 5. The predicted molar refractivity (Wildman–Crippen MR) is 137 cm³/mol. The molecule has 1 aromatic carbocycles. The molecule has 1 aliphatic rings. The van der Waals surface area contributed by atoms with Crippen LogP contribution in [-0.4, -0.2) is 40.7 Å². The van der Waals surface area contributed by atoms with Crippen molar-refractivity contribution in [1.82, 2.24) is 20.6 Å². The van der Waals surface area contributed by atoms with Gasteiger partial charge in [0.1, 0.15) is 5.60 Å². The molecule has 2 amide bonds. The van der Waals surface area contributed by atoms with Crippen molar-refractivity contribution in [3.8, 4) is 11.3 Å². The van der Waals surface area contributed by atoms with E-state index in [2.05, 4.69) is 20.6 Å². The minimum absolute atomic E-state index is 0.154. The summed E-state index contributed by atoms with van der Waals surface area (Å²) in [6.45, 7) is 6.75. The number of aromatic nitrogens is 2. The van der Waals surface area contributed by atoms with Crippen LogP contribution in [0.4, 0.5) is 9.18 Å². The first-order chi connectivity index (χ1) is 17.2. The molecule has 0 spiro atoms. The van der Waals surface area contributed by atoms with E-state index >= 15 is 0 Å². The van der Waals surface area contributed by atoms with E-state index < -0.39 is 11.5 Å². The molecule has 2 N–H and O–H groups in total. The van der Waals surface area contributed by atoms with Crippen LogP contribution in [0.2, 0.25) is 0 Å². The van der Waals surface area contributed by atoms with Gasteiger partial charge in [-0.15, -0.1) is 0 Å². The highest BCUT2D eigenvalue weighted by molar-refractivity contribution is 6.07. The average Bonchev–Trinajstić information content (AvgIpc) is 2.85. The Morgan fingerprint density at radius 1 is 1.00 bits per heavy atom. The van der Waals surface area contributed by atoms with E-state index in [0.717, 1.165) is 31.1 Å². The van der Waals surface area contributed by atoms with Crippen LogP contribution in [0.25, 0.3) is 22.2 Å². The maximum atomic E-state index is 13.3. The Labute approximate surface area is 210 Å². The lowest BCUT2D eigenvalue weighted by Gasteiger charge is -2.29. The summed E-state index contributed by atoms with van der Waals surface area (Å²) in [6.07, 6.45) is 5.02. The molecule has 0 atom stereocenters. The zero-order chi connectivity index (χ0) is 25.7. The van der Waals surface area contributed by atoms with Crippen molar-refractivity contribution >= 4 is 22.9 Å². The maximum Gasteiger partial charge on any atom is 0.407 e. The Bertz CT molecular complexity index is 1220. The molecular formula is C28H33FN4O3. The molecule has 2 heterocycles. The van der Waals surface area contributed by atoms with Crippen LogP contribution in [0.15, 0.2) is 48.7 Å².